The fourth-order valence-electron chi connectivity index (χ4n) is 5.37. The van der Waals surface area contributed by atoms with E-state index in [2.05, 4.69) is 10.4 Å². The Bertz CT molecular complexity index is 1390. The van der Waals surface area contributed by atoms with Crippen LogP contribution in [0.1, 0.15) is 22.7 Å². The van der Waals surface area contributed by atoms with Crippen molar-refractivity contribution < 1.29 is 14.4 Å². The smallest absolute Gasteiger partial charge is 0.249 e. The highest BCUT2D eigenvalue weighted by atomic mass is 35.5. The van der Waals surface area contributed by atoms with E-state index in [9.17, 15) is 14.4 Å². The molecule has 3 amide bonds. The maximum absolute atomic E-state index is 13.8. The Labute approximate surface area is 207 Å². The number of halogens is 1. The summed E-state index contributed by atoms with van der Waals surface area (Å²) in [5.74, 6) is -2.70. The molecule has 1 unspecified atom stereocenters. The van der Waals surface area contributed by atoms with Crippen LogP contribution in [-0.2, 0) is 14.4 Å². The summed E-state index contributed by atoms with van der Waals surface area (Å²) in [5.41, 5.74) is 3.84. The molecule has 3 aromatic carbocycles. The first-order chi connectivity index (χ1) is 16.9. The Morgan fingerprint density at radius 2 is 1.60 bits per heavy atom. The number of benzene rings is 3. The summed E-state index contributed by atoms with van der Waals surface area (Å²) < 4.78 is 0. The fourth-order valence-corrected chi connectivity index (χ4v) is 5.49. The summed E-state index contributed by atoms with van der Waals surface area (Å²) in [4.78, 5) is 42.4. The summed E-state index contributed by atoms with van der Waals surface area (Å²) in [6, 6.07) is 20.2. The molecule has 3 heterocycles. The van der Waals surface area contributed by atoms with E-state index >= 15 is 0 Å². The number of rotatable bonds is 3. The van der Waals surface area contributed by atoms with Crippen molar-refractivity contribution in [2.75, 3.05) is 10.2 Å². The highest BCUT2D eigenvalue weighted by Gasteiger charge is 2.65. The minimum Gasteiger partial charge on any atom is -0.324 e. The van der Waals surface area contributed by atoms with Crippen LogP contribution in [0.25, 0.3) is 0 Å². The number of hydrogen-bond donors (Lipinski definition) is 1. The molecule has 0 radical (unpaired) electrons. The highest BCUT2D eigenvalue weighted by Crippen LogP contribution is 2.52. The van der Waals surface area contributed by atoms with Gasteiger partial charge in [-0.15, -0.1) is 0 Å². The van der Waals surface area contributed by atoms with Gasteiger partial charge in [0.05, 0.1) is 29.8 Å². The lowest BCUT2D eigenvalue weighted by Crippen LogP contribution is -2.46. The van der Waals surface area contributed by atoms with Crippen molar-refractivity contribution in [3.8, 4) is 0 Å². The van der Waals surface area contributed by atoms with Gasteiger partial charge in [0, 0.05) is 10.7 Å². The molecular formula is C27H21ClN4O3. The number of hydrazone groups is 1. The minimum atomic E-state index is -0.947. The van der Waals surface area contributed by atoms with Gasteiger partial charge in [-0.2, -0.15) is 5.10 Å². The Morgan fingerprint density at radius 3 is 2.34 bits per heavy atom. The molecule has 2 saturated heterocycles. The molecule has 0 aromatic heterocycles. The van der Waals surface area contributed by atoms with Crippen molar-refractivity contribution in [2.24, 2.45) is 16.9 Å². The van der Waals surface area contributed by atoms with E-state index in [1.807, 2.05) is 43.3 Å². The molecule has 35 heavy (non-hydrogen) atoms. The normalized spacial score (nSPS) is 24.3. The van der Waals surface area contributed by atoms with E-state index in [-0.39, 0.29) is 11.8 Å². The third-order valence-electron chi connectivity index (χ3n) is 6.97. The van der Waals surface area contributed by atoms with Gasteiger partial charge in [0.25, 0.3) is 0 Å². The highest BCUT2D eigenvalue weighted by molar-refractivity contribution is 6.30. The molecule has 3 aliphatic rings. The summed E-state index contributed by atoms with van der Waals surface area (Å²) >= 11 is 5.98. The van der Waals surface area contributed by atoms with Crippen LogP contribution in [-0.4, -0.2) is 35.0 Å². The largest absolute Gasteiger partial charge is 0.324 e. The third-order valence-corrected chi connectivity index (χ3v) is 7.22. The first-order valence-corrected chi connectivity index (χ1v) is 11.7. The Morgan fingerprint density at radius 1 is 0.914 bits per heavy atom. The lowest BCUT2D eigenvalue weighted by atomic mass is 9.85. The van der Waals surface area contributed by atoms with Gasteiger partial charge in [-0.1, -0.05) is 53.6 Å². The minimum absolute atomic E-state index is 0.312. The Hall–Kier alpha value is -3.97. The molecule has 3 aliphatic heterocycles. The van der Waals surface area contributed by atoms with Gasteiger partial charge < -0.3 is 5.32 Å². The number of anilines is 2. The molecule has 1 N–H and O–H groups in total. The monoisotopic (exact) mass is 484 g/mol. The second-order valence-electron chi connectivity index (χ2n) is 9.04. The quantitative estimate of drug-likeness (QED) is 0.566. The lowest BCUT2D eigenvalue weighted by molar-refractivity contribution is -0.129. The maximum atomic E-state index is 13.8. The van der Waals surface area contributed by atoms with Crippen LogP contribution in [0.4, 0.5) is 11.4 Å². The van der Waals surface area contributed by atoms with Crippen LogP contribution in [0.5, 0.6) is 0 Å². The first kappa shape index (κ1) is 21.6. The number of aryl methyl sites for hydroxylation is 1. The molecule has 0 saturated carbocycles. The van der Waals surface area contributed by atoms with Gasteiger partial charge in [-0.3, -0.25) is 19.4 Å². The summed E-state index contributed by atoms with van der Waals surface area (Å²) in [6.45, 7) is 1.94. The summed E-state index contributed by atoms with van der Waals surface area (Å²) in [7, 11) is 0. The zero-order chi connectivity index (χ0) is 24.3. The van der Waals surface area contributed by atoms with Crippen LogP contribution in [0.15, 0.2) is 77.9 Å². The van der Waals surface area contributed by atoms with E-state index in [0.717, 1.165) is 16.7 Å². The van der Waals surface area contributed by atoms with Crippen molar-refractivity contribution >= 4 is 46.9 Å². The molecular weight excluding hydrogens is 464 g/mol. The Kier molecular flexibility index (Phi) is 4.96. The summed E-state index contributed by atoms with van der Waals surface area (Å²) in [6.07, 6.45) is 1.68. The van der Waals surface area contributed by atoms with Crippen molar-refractivity contribution in [3.63, 3.8) is 0 Å². The molecule has 0 bridgehead atoms. The third kappa shape index (κ3) is 3.34. The first-order valence-electron chi connectivity index (χ1n) is 11.4. The average molecular weight is 485 g/mol. The van der Waals surface area contributed by atoms with Gasteiger partial charge in [0.15, 0.2) is 0 Å². The molecule has 7 nitrogen and oxygen atoms in total. The lowest BCUT2D eigenvalue weighted by Gasteiger charge is -2.33. The Balaban J connectivity index is 1.43. The fraction of sp³-hybridized carbons (Fsp3) is 0.185. The van der Waals surface area contributed by atoms with Crippen molar-refractivity contribution in [1.82, 2.24) is 5.01 Å². The molecule has 0 spiro atoms. The maximum Gasteiger partial charge on any atom is 0.249 e. The number of imide groups is 1. The van der Waals surface area contributed by atoms with Gasteiger partial charge in [-0.05, 0) is 54.4 Å². The van der Waals surface area contributed by atoms with Gasteiger partial charge in [0.1, 0.15) is 6.04 Å². The van der Waals surface area contributed by atoms with Crippen molar-refractivity contribution in [1.29, 1.82) is 0 Å². The van der Waals surface area contributed by atoms with Crippen LogP contribution in [0.2, 0.25) is 5.02 Å². The molecule has 4 atom stereocenters. The number of amides is 3. The molecule has 3 aromatic rings. The SMILES string of the molecule is Cc1ccc(N2C(=O)[C@H]3[C@@H](C2=O)C2c4ccccc4C=NN2[C@H]3C(=O)Nc2ccc(Cl)cc2)cc1. The second-order valence-corrected chi connectivity index (χ2v) is 9.47. The zero-order valence-corrected chi connectivity index (χ0v) is 19.5. The van der Waals surface area contributed by atoms with Crippen LogP contribution >= 0.6 is 11.6 Å². The number of carbonyl (C=O) groups is 3. The predicted octanol–water partition coefficient (Wildman–Crippen LogP) is 4.17. The summed E-state index contributed by atoms with van der Waals surface area (Å²) in [5, 5.41) is 9.62. The standard InChI is InChI=1S/C27H21ClN4O3/c1-15-6-12-19(13-7-15)31-26(34)21-22(27(31)35)24(25(33)30-18-10-8-17(28)9-11-18)32-23(21)20-5-3-2-4-16(20)14-29-32/h2-14,21-24H,1H3,(H,30,33)/t21-,22+,23?,24-/m1/s1. The van der Waals surface area contributed by atoms with Crippen LogP contribution in [0, 0.1) is 18.8 Å². The van der Waals surface area contributed by atoms with Gasteiger partial charge in [0.2, 0.25) is 17.7 Å². The van der Waals surface area contributed by atoms with E-state index < -0.39 is 29.8 Å². The molecule has 8 heteroatoms. The van der Waals surface area contributed by atoms with Gasteiger partial charge >= 0.3 is 0 Å². The van der Waals surface area contributed by atoms with Gasteiger partial charge in [-0.25, -0.2) is 4.90 Å². The number of carbonyl (C=O) groups excluding carboxylic acids is 3. The van der Waals surface area contributed by atoms with Crippen LogP contribution < -0.4 is 10.2 Å². The van der Waals surface area contributed by atoms with E-state index in [0.29, 0.717) is 16.4 Å². The molecule has 0 aliphatic carbocycles. The van der Waals surface area contributed by atoms with Crippen molar-refractivity contribution in [2.45, 2.75) is 19.0 Å². The topological polar surface area (TPSA) is 82.1 Å². The van der Waals surface area contributed by atoms with Crippen molar-refractivity contribution in [3.05, 3.63) is 94.5 Å². The molecule has 174 valence electrons. The number of nitrogens with zero attached hydrogens (tertiary/aromatic N) is 3. The average Bonchev–Trinajstić information content (AvgIpc) is 3.34. The molecule has 2 fully saturated rings. The van der Waals surface area contributed by atoms with E-state index in [4.69, 9.17) is 11.6 Å². The van der Waals surface area contributed by atoms with E-state index in [1.165, 1.54) is 4.90 Å². The van der Waals surface area contributed by atoms with E-state index in [1.54, 1.807) is 47.6 Å². The zero-order valence-electron chi connectivity index (χ0n) is 18.8. The predicted molar refractivity (Wildman–Crippen MR) is 133 cm³/mol. The number of hydrogen-bond acceptors (Lipinski definition) is 5. The number of fused-ring (bicyclic) bond motifs is 5. The van der Waals surface area contributed by atoms with Crippen LogP contribution in [0.3, 0.4) is 0 Å². The number of nitrogens with one attached hydrogen (secondary N) is 1. The second kappa shape index (κ2) is 8.06. The molecule has 6 rings (SSSR count).